The van der Waals surface area contributed by atoms with Gasteiger partial charge in [0.25, 0.3) is 0 Å². The van der Waals surface area contributed by atoms with Crippen LogP contribution in [0.2, 0.25) is 0 Å². The van der Waals surface area contributed by atoms with E-state index in [2.05, 4.69) is 38.1 Å². The van der Waals surface area contributed by atoms with Crippen molar-refractivity contribution in [2.45, 2.75) is 51.6 Å². The van der Waals surface area contributed by atoms with Gasteiger partial charge in [-0.05, 0) is 41.6 Å². The van der Waals surface area contributed by atoms with Crippen molar-refractivity contribution in [1.29, 1.82) is 0 Å². The Morgan fingerprint density at radius 2 is 2.21 bits per heavy atom. The molecule has 0 aliphatic carbocycles. The van der Waals surface area contributed by atoms with Gasteiger partial charge < -0.3 is 10.1 Å². The number of ether oxygens (including phenoxy) is 1. The van der Waals surface area contributed by atoms with Crippen LogP contribution < -0.4 is 5.32 Å². The molecule has 1 atom stereocenters. The van der Waals surface area contributed by atoms with Gasteiger partial charge in [-0.25, -0.2) is 9.97 Å². The fourth-order valence-electron chi connectivity index (χ4n) is 2.38. The summed E-state index contributed by atoms with van der Waals surface area (Å²) in [6.45, 7) is 3.04. The summed E-state index contributed by atoms with van der Waals surface area (Å²) in [6, 6.07) is 0. The van der Waals surface area contributed by atoms with Crippen LogP contribution in [0.15, 0.2) is 4.47 Å². The molecule has 19 heavy (non-hydrogen) atoms. The number of anilines is 1. The van der Waals surface area contributed by atoms with Gasteiger partial charge in [-0.1, -0.05) is 13.3 Å². The van der Waals surface area contributed by atoms with E-state index in [9.17, 15) is 0 Å². The molecule has 0 aromatic carbocycles. The van der Waals surface area contributed by atoms with Crippen LogP contribution in [0.3, 0.4) is 0 Å². The van der Waals surface area contributed by atoms with Gasteiger partial charge >= 0.3 is 0 Å². The maximum absolute atomic E-state index is 5.77. The molecule has 1 aromatic rings. The third kappa shape index (κ3) is 3.89. The van der Waals surface area contributed by atoms with Gasteiger partial charge in [0.2, 0.25) is 0 Å². The molecule has 0 bridgehead atoms. The number of rotatable bonds is 5. The average Bonchev–Trinajstić information content (AvgIpc) is 2.43. The van der Waals surface area contributed by atoms with Crippen LogP contribution in [0.1, 0.15) is 44.1 Å². The van der Waals surface area contributed by atoms with E-state index in [0.29, 0.717) is 0 Å². The summed E-state index contributed by atoms with van der Waals surface area (Å²) >= 11 is 3.58. The maximum Gasteiger partial charge on any atom is 0.144 e. The average molecular weight is 328 g/mol. The van der Waals surface area contributed by atoms with Crippen LogP contribution in [0.25, 0.3) is 0 Å². The lowest BCUT2D eigenvalue weighted by Crippen LogP contribution is -2.23. The number of hydrogen-bond donors (Lipinski definition) is 1. The number of aryl methyl sites for hydroxylation is 1. The lowest BCUT2D eigenvalue weighted by molar-refractivity contribution is 0.0156. The van der Waals surface area contributed by atoms with Crippen LogP contribution in [0, 0.1) is 0 Å². The fourth-order valence-corrected chi connectivity index (χ4v) is 2.95. The molecule has 4 nitrogen and oxygen atoms in total. The summed E-state index contributed by atoms with van der Waals surface area (Å²) in [4.78, 5) is 9.27. The standard InChI is InChI=1S/C14H22BrN3O/c1-3-6-11-13(15)14(16-2)18-12(17-11)9-10-7-4-5-8-19-10/h10H,3-9H2,1-2H3,(H,16,17,18). The van der Waals surface area contributed by atoms with E-state index in [4.69, 9.17) is 4.74 Å². The molecule has 0 spiro atoms. The molecular formula is C14H22BrN3O. The van der Waals surface area contributed by atoms with E-state index in [1.807, 2.05) is 7.05 Å². The highest BCUT2D eigenvalue weighted by atomic mass is 79.9. The monoisotopic (exact) mass is 327 g/mol. The van der Waals surface area contributed by atoms with Gasteiger partial charge in [-0.15, -0.1) is 0 Å². The quantitative estimate of drug-likeness (QED) is 0.900. The van der Waals surface area contributed by atoms with Crippen LogP contribution in [0.5, 0.6) is 0 Å². The fraction of sp³-hybridized carbons (Fsp3) is 0.714. The normalized spacial score (nSPS) is 19.4. The molecule has 2 rings (SSSR count). The summed E-state index contributed by atoms with van der Waals surface area (Å²) in [7, 11) is 1.89. The molecule has 1 fully saturated rings. The van der Waals surface area contributed by atoms with Crippen molar-refractivity contribution in [3.63, 3.8) is 0 Å². The molecule has 1 aromatic heterocycles. The van der Waals surface area contributed by atoms with E-state index in [1.54, 1.807) is 0 Å². The molecule has 1 saturated heterocycles. The lowest BCUT2D eigenvalue weighted by Gasteiger charge is -2.22. The Morgan fingerprint density at radius 3 is 2.84 bits per heavy atom. The van der Waals surface area contributed by atoms with Crippen molar-refractivity contribution in [1.82, 2.24) is 9.97 Å². The third-order valence-corrected chi connectivity index (χ3v) is 4.21. The summed E-state index contributed by atoms with van der Waals surface area (Å²) in [5.41, 5.74) is 1.09. The Kier molecular flexibility index (Phi) is 5.58. The summed E-state index contributed by atoms with van der Waals surface area (Å²) in [5.74, 6) is 1.77. The molecule has 0 saturated carbocycles. The Hall–Kier alpha value is -0.680. The van der Waals surface area contributed by atoms with Crippen LogP contribution in [-0.2, 0) is 17.6 Å². The van der Waals surface area contributed by atoms with Gasteiger partial charge in [-0.3, -0.25) is 0 Å². The van der Waals surface area contributed by atoms with Gasteiger partial charge in [0.1, 0.15) is 11.6 Å². The van der Waals surface area contributed by atoms with Crippen molar-refractivity contribution in [2.24, 2.45) is 0 Å². The highest BCUT2D eigenvalue weighted by Gasteiger charge is 2.18. The minimum absolute atomic E-state index is 0.286. The maximum atomic E-state index is 5.77. The first kappa shape index (κ1) is 14.7. The van der Waals surface area contributed by atoms with Crippen molar-refractivity contribution >= 4 is 21.7 Å². The second-order valence-corrected chi connectivity index (χ2v) is 5.73. The third-order valence-electron chi connectivity index (χ3n) is 3.37. The van der Waals surface area contributed by atoms with Crippen LogP contribution in [0.4, 0.5) is 5.82 Å². The number of nitrogens with zero attached hydrogens (tertiary/aromatic N) is 2. The molecule has 0 amide bonds. The minimum atomic E-state index is 0.286. The van der Waals surface area contributed by atoms with Crippen molar-refractivity contribution in [3.8, 4) is 0 Å². The predicted molar refractivity (Wildman–Crippen MR) is 80.6 cm³/mol. The summed E-state index contributed by atoms with van der Waals surface area (Å²) in [6.07, 6.45) is 6.71. The lowest BCUT2D eigenvalue weighted by atomic mass is 10.1. The van der Waals surface area contributed by atoms with E-state index < -0.39 is 0 Å². The topological polar surface area (TPSA) is 47.0 Å². The molecule has 1 aliphatic rings. The highest BCUT2D eigenvalue weighted by Crippen LogP contribution is 2.25. The number of halogens is 1. The summed E-state index contributed by atoms with van der Waals surface area (Å²) < 4.78 is 6.76. The number of aromatic nitrogens is 2. The molecule has 5 heteroatoms. The van der Waals surface area contributed by atoms with Gasteiger partial charge in [0.15, 0.2) is 0 Å². The Morgan fingerprint density at radius 1 is 1.37 bits per heavy atom. The first-order valence-corrected chi connectivity index (χ1v) is 7.88. The van der Waals surface area contributed by atoms with Gasteiger partial charge in [0.05, 0.1) is 16.3 Å². The molecule has 2 heterocycles. The molecular weight excluding hydrogens is 306 g/mol. The van der Waals surface area contributed by atoms with Gasteiger partial charge in [-0.2, -0.15) is 0 Å². The predicted octanol–water partition coefficient (Wildman–Crippen LogP) is 3.34. The van der Waals surface area contributed by atoms with E-state index in [0.717, 1.165) is 54.1 Å². The van der Waals surface area contributed by atoms with Crippen LogP contribution in [-0.4, -0.2) is 29.7 Å². The molecule has 1 N–H and O–H groups in total. The smallest absolute Gasteiger partial charge is 0.144 e. The Balaban J connectivity index is 2.16. The Labute approximate surface area is 123 Å². The second kappa shape index (κ2) is 7.20. The van der Waals surface area contributed by atoms with Crippen LogP contribution >= 0.6 is 15.9 Å². The largest absolute Gasteiger partial charge is 0.378 e. The molecule has 106 valence electrons. The van der Waals surface area contributed by atoms with Crippen molar-refractivity contribution in [3.05, 3.63) is 16.0 Å². The first-order chi connectivity index (χ1) is 9.24. The van der Waals surface area contributed by atoms with E-state index >= 15 is 0 Å². The minimum Gasteiger partial charge on any atom is -0.378 e. The number of hydrogen-bond acceptors (Lipinski definition) is 4. The molecule has 1 aliphatic heterocycles. The SMILES string of the molecule is CCCc1nc(CC2CCCCO2)nc(NC)c1Br. The molecule has 0 radical (unpaired) electrons. The zero-order chi connectivity index (χ0) is 13.7. The first-order valence-electron chi connectivity index (χ1n) is 7.09. The highest BCUT2D eigenvalue weighted by molar-refractivity contribution is 9.10. The summed E-state index contributed by atoms with van der Waals surface area (Å²) in [5, 5.41) is 3.13. The zero-order valence-electron chi connectivity index (χ0n) is 11.7. The van der Waals surface area contributed by atoms with Crippen molar-refractivity contribution in [2.75, 3.05) is 19.0 Å². The second-order valence-electron chi connectivity index (χ2n) is 4.94. The number of nitrogens with one attached hydrogen (secondary N) is 1. The Bertz CT molecular complexity index is 419. The van der Waals surface area contributed by atoms with E-state index in [1.165, 1.54) is 12.8 Å². The zero-order valence-corrected chi connectivity index (χ0v) is 13.3. The molecule has 1 unspecified atom stereocenters. The van der Waals surface area contributed by atoms with E-state index in [-0.39, 0.29) is 6.10 Å². The van der Waals surface area contributed by atoms with Gasteiger partial charge in [0, 0.05) is 20.1 Å². The van der Waals surface area contributed by atoms with Crippen molar-refractivity contribution < 1.29 is 4.74 Å².